The number of aliphatic carboxylic acids is 1. The van der Waals surface area contributed by atoms with Gasteiger partial charge in [0.1, 0.15) is 0 Å². The van der Waals surface area contributed by atoms with Gasteiger partial charge in [-0.25, -0.2) is 4.79 Å². The Labute approximate surface area is 96.6 Å². The summed E-state index contributed by atoms with van der Waals surface area (Å²) in [6, 6.07) is 3.72. The van der Waals surface area contributed by atoms with Crippen LogP contribution in [0.1, 0.15) is 30.2 Å². The van der Waals surface area contributed by atoms with Crippen molar-refractivity contribution in [1.29, 1.82) is 0 Å². The van der Waals surface area contributed by atoms with E-state index in [-0.39, 0.29) is 6.10 Å². The number of carboxylic acids is 1. The molecule has 2 unspecified atom stereocenters. The van der Waals surface area contributed by atoms with Crippen LogP contribution < -0.4 is 0 Å². The minimum absolute atomic E-state index is 0.0997. The van der Waals surface area contributed by atoms with E-state index >= 15 is 0 Å². The van der Waals surface area contributed by atoms with Gasteiger partial charge in [-0.1, -0.05) is 11.6 Å². The second-order valence-corrected chi connectivity index (χ2v) is 5.27. The molecular weight excluding hydrogens is 236 g/mol. The molecule has 1 N–H and O–H groups in total. The highest BCUT2D eigenvalue weighted by molar-refractivity contribution is 7.16. The van der Waals surface area contributed by atoms with Crippen LogP contribution in [0.5, 0.6) is 0 Å². The third-order valence-electron chi connectivity index (χ3n) is 2.45. The largest absolute Gasteiger partial charge is 0.479 e. The summed E-state index contributed by atoms with van der Waals surface area (Å²) in [5.74, 6) is -0.873. The highest BCUT2D eigenvalue weighted by Crippen LogP contribution is 2.36. The molecule has 1 aromatic heterocycles. The van der Waals surface area contributed by atoms with Crippen molar-refractivity contribution in [3.8, 4) is 0 Å². The fraction of sp³-hybridized carbons (Fsp3) is 0.500. The summed E-state index contributed by atoms with van der Waals surface area (Å²) < 4.78 is 6.21. The van der Waals surface area contributed by atoms with Gasteiger partial charge in [-0.3, -0.25) is 0 Å². The molecule has 1 aromatic rings. The van der Waals surface area contributed by atoms with Gasteiger partial charge in [0.2, 0.25) is 0 Å². The van der Waals surface area contributed by atoms with E-state index in [4.69, 9.17) is 21.4 Å². The fourth-order valence-electron chi connectivity index (χ4n) is 1.72. The van der Waals surface area contributed by atoms with Crippen LogP contribution in [0.4, 0.5) is 0 Å². The predicted molar refractivity (Wildman–Crippen MR) is 58.4 cm³/mol. The lowest BCUT2D eigenvalue weighted by atomic mass is 10.0. The Kier molecular flexibility index (Phi) is 3.29. The normalized spacial score (nSPS) is 26.5. The number of halogens is 1. The molecule has 1 aliphatic heterocycles. The zero-order chi connectivity index (χ0) is 10.8. The first kappa shape index (κ1) is 10.9. The summed E-state index contributed by atoms with van der Waals surface area (Å²) in [4.78, 5) is 11.8. The van der Waals surface area contributed by atoms with Gasteiger partial charge in [0.25, 0.3) is 0 Å². The third kappa shape index (κ3) is 2.51. The number of carbonyl (C=O) groups is 1. The molecule has 0 bridgehead atoms. The Balaban J connectivity index is 2.07. The molecule has 1 aliphatic rings. The molecule has 1 saturated heterocycles. The van der Waals surface area contributed by atoms with Gasteiger partial charge >= 0.3 is 5.97 Å². The third-order valence-corrected chi connectivity index (χ3v) is 3.77. The van der Waals surface area contributed by atoms with Crippen molar-refractivity contribution in [3.05, 3.63) is 21.3 Å². The number of thiophene rings is 1. The highest BCUT2D eigenvalue weighted by Gasteiger charge is 2.29. The van der Waals surface area contributed by atoms with Crippen molar-refractivity contribution in [1.82, 2.24) is 0 Å². The number of carboxylic acid groups (broad SMARTS) is 1. The molecule has 0 amide bonds. The van der Waals surface area contributed by atoms with Crippen LogP contribution in [0.3, 0.4) is 0 Å². The van der Waals surface area contributed by atoms with E-state index in [0.717, 1.165) is 17.7 Å². The van der Waals surface area contributed by atoms with Gasteiger partial charge in [0.15, 0.2) is 6.10 Å². The summed E-state index contributed by atoms with van der Waals surface area (Å²) in [5.41, 5.74) is 0. The van der Waals surface area contributed by atoms with E-state index in [1.807, 2.05) is 12.1 Å². The van der Waals surface area contributed by atoms with Crippen LogP contribution in [0.2, 0.25) is 4.34 Å². The molecule has 82 valence electrons. The van der Waals surface area contributed by atoms with Gasteiger partial charge in [-0.05, 0) is 31.4 Å². The number of hydrogen-bond acceptors (Lipinski definition) is 3. The summed E-state index contributed by atoms with van der Waals surface area (Å²) in [6.45, 7) is 0. The van der Waals surface area contributed by atoms with Crippen molar-refractivity contribution >= 4 is 28.9 Å². The highest BCUT2D eigenvalue weighted by atomic mass is 35.5. The van der Waals surface area contributed by atoms with E-state index in [9.17, 15) is 4.79 Å². The number of rotatable bonds is 2. The van der Waals surface area contributed by atoms with Crippen molar-refractivity contribution in [2.45, 2.75) is 31.5 Å². The molecule has 15 heavy (non-hydrogen) atoms. The molecule has 2 rings (SSSR count). The van der Waals surface area contributed by atoms with Crippen LogP contribution in [-0.4, -0.2) is 17.2 Å². The van der Waals surface area contributed by atoms with Gasteiger partial charge in [0, 0.05) is 4.88 Å². The van der Waals surface area contributed by atoms with Gasteiger partial charge in [-0.2, -0.15) is 0 Å². The number of ether oxygens (including phenoxy) is 1. The van der Waals surface area contributed by atoms with E-state index in [1.54, 1.807) is 0 Å². The second kappa shape index (κ2) is 4.51. The fourth-order valence-corrected chi connectivity index (χ4v) is 2.85. The first-order valence-electron chi connectivity index (χ1n) is 4.80. The number of hydrogen-bond donors (Lipinski definition) is 1. The summed E-state index contributed by atoms with van der Waals surface area (Å²) in [5, 5.41) is 8.86. The average molecular weight is 247 g/mol. The van der Waals surface area contributed by atoms with E-state index in [0.29, 0.717) is 10.8 Å². The minimum Gasteiger partial charge on any atom is -0.479 e. The lowest BCUT2D eigenvalue weighted by Crippen LogP contribution is -2.29. The molecule has 2 heterocycles. The Morgan fingerprint density at radius 3 is 2.93 bits per heavy atom. The first-order valence-corrected chi connectivity index (χ1v) is 6.00. The van der Waals surface area contributed by atoms with Crippen LogP contribution in [0.15, 0.2) is 12.1 Å². The van der Waals surface area contributed by atoms with Crippen molar-refractivity contribution < 1.29 is 14.6 Å². The lowest BCUT2D eigenvalue weighted by molar-refractivity contribution is -0.159. The van der Waals surface area contributed by atoms with E-state index < -0.39 is 12.1 Å². The Bertz CT molecular complexity index is 363. The maximum Gasteiger partial charge on any atom is 0.332 e. The molecule has 0 spiro atoms. The molecule has 0 radical (unpaired) electrons. The smallest absolute Gasteiger partial charge is 0.332 e. The molecule has 1 fully saturated rings. The average Bonchev–Trinajstić information content (AvgIpc) is 2.65. The maximum absolute atomic E-state index is 10.8. The standard InChI is InChI=1S/C10H11ClO3S/c11-9-5-4-8(15-9)6-2-1-3-7(14-6)10(12)13/h4-7H,1-3H2,(H,12,13). The molecule has 0 aliphatic carbocycles. The van der Waals surface area contributed by atoms with E-state index in [2.05, 4.69) is 0 Å². The van der Waals surface area contributed by atoms with Crippen molar-refractivity contribution in [2.24, 2.45) is 0 Å². The van der Waals surface area contributed by atoms with Crippen LogP contribution in [0, 0.1) is 0 Å². The monoisotopic (exact) mass is 246 g/mol. The summed E-state index contributed by atoms with van der Waals surface area (Å²) in [7, 11) is 0. The summed E-state index contributed by atoms with van der Waals surface area (Å²) in [6.07, 6.45) is 1.60. The quantitative estimate of drug-likeness (QED) is 0.872. The van der Waals surface area contributed by atoms with Gasteiger partial charge in [-0.15, -0.1) is 11.3 Å². The van der Waals surface area contributed by atoms with E-state index in [1.165, 1.54) is 11.3 Å². The topological polar surface area (TPSA) is 46.5 Å². The second-order valence-electron chi connectivity index (χ2n) is 3.52. The molecule has 0 saturated carbocycles. The maximum atomic E-state index is 10.8. The van der Waals surface area contributed by atoms with Crippen molar-refractivity contribution in [3.63, 3.8) is 0 Å². The zero-order valence-corrected chi connectivity index (χ0v) is 9.55. The Morgan fingerprint density at radius 1 is 1.53 bits per heavy atom. The van der Waals surface area contributed by atoms with Crippen LogP contribution in [0.25, 0.3) is 0 Å². The molecule has 3 nitrogen and oxygen atoms in total. The summed E-state index contributed by atoms with van der Waals surface area (Å²) >= 11 is 7.28. The molecular formula is C10H11ClO3S. The minimum atomic E-state index is -0.873. The van der Waals surface area contributed by atoms with Gasteiger partial charge < -0.3 is 9.84 Å². The Morgan fingerprint density at radius 2 is 2.33 bits per heavy atom. The molecule has 5 heteroatoms. The van der Waals surface area contributed by atoms with Crippen molar-refractivity contribution in [2.75, 3.05) is 0 Å². The molecule has 2 atom stereocenters. The zero-order valence-electron chi connectivity index (χ0n) is 7.98. The predicted octanol–water partition coefficient (Wildman–Crippen LogP) is 3.10. The lowest BCUT2D eigenvalue weighted by Gasteiger charge is -2.26. The first-order chi connectivity index (χ1) is 7.16. The van der Waals surface area contributed by atoms with Crippen LogP contribution >= 0.6 is 22.9 Å². The van der Waals surface area contributed by atoms with Crippen LogP contribution in [-0.2, 0) is 9.53 Å². The molecule has 0 aromatic carbocycles. The Hall–Kier alpha value is -0.580. The SMILES string of the molecule is O=C(O)C1CCCC(c2ccc(Cl)s2)O1. The van der Waals surface area contributed by atoms with Gasteiger partial charge in [0.05, 0.1) is 10.4 Å².